The van der Waals surface area contributed by atoms with E-state index in [9.17, 15) is 4.39 Å². The van der Waals surface area contributed by atoms with E-state index < -0.39 is 0 Å². The monoisotopic (exact) mass is 329 g/mol. The predicted molar refractivity (Wildman–Crippen MR) is 78.8 cm³/mol. The number of halogens is 2. The Hall–Kier alpha value is -0.450. The van der Waals surface area contributed by atoms with Crippen molar-refractivity contribution in [3.63, 3.8) is 0 Å². The van der Waals surface area contributed by atoms with Gasteiger partial charge in [-0.25, -0.2) is 4.39 Å². The molecule has 0 aromatic heterocycles. The summed E-state index contributed by atoms with van der Waals surface area (Å²) in [5.74, 6) is -0.178. The lowest BCUT2D eigenvalue weighted by atomic mass is 9.75. The molecule has 1 aliphatic heterocycles. The molecule has 0 spiro atoms. The highest BCUT2D eigenvalue weighted by Crippen LogP contribution is 2.36. The van der Waals surface area contributed by atoms with E-state index in [-0.39, 0.29) is 11.2 Å². The highest BCUT2D eigenvalue weighted by molar-refractivity contribution is 9.10. The molecule has 2 nitrogen and oxygen atoms in total. The lowest BCUT2D eigenvalue weighted by Gasteiger charge is -2.38. The largest absolute Gasteiger partial charge is 0.381 e. The smallest absolute Gasteiger partial charge is 0.137 e. The molecule has 1 aromatic rings. The zero-order valence-electron chi connectivity index (χ0n) is 11.3. The highest BCUT2D eigenvalue weighted by atomic mass is 79.9. The lowest BCUT2D eigenvalue weighted by Crippen LogP contribution is -2.41. The van der Waals surface area contributed by atoms with Gasteiger partial charge in [0.15, 0.2) is 0 Å². The van der Waals surface area contributed by atoms with Gasteiger partial charge in [-0.05, 0) is 58.8 Å². The van der Waals surface area contributed by atoms with Crippen molar-refractivity contribution in [2.24, 2.45) is 5.41 Å². The number of nitrogens with one attached hydrogen (secondary N) is 1. The summed E-state index contributed by atoms with van der Waals surface area (Å²) in [6.45, 7) is 5.66. The van der Waals surface area contributed by atoms with Crippen LogP contribution in [0.1, 0.15) is 25.3 Å². The molecule has 4 heteroatoms. The van der Waals surface area contributed by atoms with E-state index in [1.807, 2.05) is 6.07 Å². The first-order chi connectivity index (χ1) is 9.17. The van der Waals surface area contributed by atoms with Crippen molar-refractivity contribution < 1.29 is 9.13 Å². The molecular formula is C15H21BrFNO. The van der Waals surface area contributed by atoms with Crippen molar-refractivity contribution in [3.8, 4) is 0 Å². The van der Waals surface area contributed by atoms with Gasteiger partial charge in [0, 0.05) is 19.8 Å². The molecule has 19 heavy (non-hydrogen) atoms. The molecule has 0 bridgehead atoms. The van der Waals surface area contributed by atoms with Crippen LogP contribution in [0.5, 0.6) is 0 Å². The van der Waals surface area contributed by atoms with E-state index in [1.165, 1.54) is 6.07 Å². The van der Waals surface area contributed by atoms with E-state index in [2.05, 4.69) is 28.2 Å². The Morgan fingerprint density at radius 2 is 2.11 bits per heavy atom. The van der Waals surface area contributed by atoms with Gasteiger partial charge in [-0.1, -0.05) is 19.1 Å². The summed E-state index contributed by atoms with van der Waals surface area (Å²) in [6.07, 6.45) is 2.95. The maximum atomic E-state index is 13.6. The Balaban J connectivity index is 2.17. The summed E-state index contributed by atoms with van der Waals surface area (Å²) in [7, 11) is 0. The van der Waals surface area contributed by atoms with Crippen molar-refractivity contribution in [1.29, 1.82) is 0 Å². The molecule has 0 unspecified atom stereocenters. The molecule has 0 atom stereocenters. The van der Waals surface area contributed by atoms with Crippen molar-refractivity contribution in [2.75, 3.05) is 26.3 Å². The minimum atomic E-state index is -0.178. The van der Waals surface area contributed by atoms with Crippen LogP contribution >= 0.6 is 15.9 Å². The van der Waals surface area contributed by atoms with Crippen molar-refractivity contribution >= 4 is 15.9 Å². The van der Waals surface area contributed by atoms with Crippen LogP contribution in [0.4, 0.5) is 4.39 Å². The fourth-order valence-corrected chi connectivity index (χ4v) is 3.10. The fourth-order valence-electron chi connectivity index (χ4n) is 2.70. The predicted octanol–water partition coefficient (Wildman–Crippen LogP) is 3.54. The second-order valence-electron chi connectivity index (χ2n) is 5.28. The summed E-state index contributed by atoms with van der Waals surface area (Å²) in [5.41, 5.74) is 1.24. The number of rotatable bonds is 5. The molecule has 0 amide bonds. The van der Waals surface area contributed by atoms with Crippen LogP contribution in [0, 0.1) is 11.2 Å². The van der Waals surface area contributed by atoms with Gasteiger partial charge in [-0.3, -0.25) is 0 Å². The molecular weight excluding hydrogens is 309 g/mol. The van der Waals surface area contributed by atoms with Crippen LogP contribution in [-0.4, -0.2) is 26.3 Å². The molecule has 1 saturated heterocycles. The summed E-state index contributed by atoms with van der Waals surface area (Å²) in [5, 5.41) is 3.45. The Morgan fingerprint density at radius 1 is 1.37 bits per heavy atom. The van der Waals surface area contributed by atoms with Gasteiger partial charge in [0.2, 0.25) is 0 Å². The van der Waals surface area contributed by atoms with E-state index in [1.54, 1.807) is 6.07 Å². The Morgan fingerprint density at radius 3 is 2.79 bits per heavy atom. The van der Waals surface area contributed by atoms with Crippen LogP contribution in [0.25, 0.3) is 0 Å². The maximum Gasteiger partial charge on any atom is 0.137 e. The zero-order valence-corrected chi connectivity index (χ0v) is 12.9. The summed E-state index contributed by atoms with van der Waals surface area (Å²) in [6, 6.07) is 5.29. The Kier molecular flexibility index (Phi) is 5.37. The van der Waals surface area contributed by atoms with Gasteiger partial charge in [0.25, 0.3) is 0 Å². The van der Waals surface area contributed by atoms with Gasteiger partial charge in [0.1, 0.15) is 5.82 Å². The molecule has 106 valence electrons. The summed E-state index contributed by atoms with van der Waals surface area (Å²) in [4.78, 5) is 0. The van der Waals surface area contributed by atoms with E-state index >= 15 is 0 Å². The molecule has 2 rings (SSSR count). The van der Waals surface area contributed by atoms with Gasteiger partial charge in [0.05, 0.1) is 4.47 Å². The molecule has 0 aliphatic carbocycles. The minimum Gasteiger partial charge on any atom is -0.381 e. The SMILES string of the molecule is CCNCC1(Cc2cccc(F)c2Br)CCOCC1. The molecule has 1 aromatic carbocycles. The molecule has 0 saturated carbocycles. The van der Waals surface area contributed by atoms with E-state index in [0.29, 0.717) is 4.47 Å². The zero-order chi connectivity index (χ0) is 13.7. The Bertz CT molecular complexity index is 419. The van der Waals surface area contributed by atoms with Crippen LogP contribution in [0.2, 0.25) is 0 Å². The quantitative estimate of drug-likeness (QED) is 0.892. The number of ether oxygens (including phenoxy) is 1. The third kappa shape index (κ3) is 3.77. The van der Waals surface area contributed by atoms with Crippen LogP contribution in [0.3, 0.4) is 0 Å². The van der Waals surface area contributed by atoms with Crippen LogP contribution < -0.4 is 5.32 Å². The minimum absolute atomic E-state index is 0.178. The van der Waals surface area contributed by atoms with E-state index in [0.717, 1.165) is 51.1 Å². The highest BCUT2D eigenvalue weighted by Gasteiger charge is 2.33. The molecule has 1 heterocycles. The van der Waals surface area contributed by atoms with Crippen molar-refractivity contribution in [2.45, 2.75) is 26.2 Å². The average Bonchev–Trinajstić information content (AvgIpc) is 2.43. The third-order valence-electron chi connectivity index (χ3n) is 3.90. The van der Waals surface area contributed by atoms with Gasteiger partial charge < -0.3 is 10.1 Å². The van der Waals surface area contributed by atoms with Gasteiger partial charge in [-0.2, -0.15) is 0 Å². The van der Waals surface area contributed by atoms with Crippen molar-refractivity contribution in [3.05, 3.63) is 34.1 Å². The number of benzene rings is 1. The second kappa shape index (κ2) is 6.82. The molecule has 1 fully saturated rings. The van der Waals surface area contributed by atoms with Crippen LogP contribution in [-0.2, 0) is 11.2 Å². The molecule has 0 radical (unpaired) electrons. The molecule has 1 N–H and O–H groups in total. The summed E-state index contributed by atoms with van der Waals surface area (Å²) >= 11 is 3.37. The first kappa shape index (κ1) is 14.9. The lowest BCUT2D eigenvalue weighted by molar-refractivity contribution is 0.0151. The van der Waals surface area contributed by atoms with Crippen LogP contribution in [0.15, 0.2) is 22.7 Å². The molecule has 1 aliphatic rings. The fraction of sp³-hybridized carbons (Fsp3) is 0.600. The summed E-state index contributed by atoms with van der Waals surface area (Å²) < 4.78 is 19.7. The van der Waals surface area contributed by atoms with Gasteiger partial charge in [-0.15, -0.1) is 0 Å². The number of hydrogen-bond acceptors (Lipinski definition) is 2. The first-order valence-corrected chi connectivity index (χ1v) is 7.67. The topological polar surface area (TPSA) is 21.3 Å². The standard InChI is InChI=1S/C15H21BrFNO/c1-2-18-11-15(6-8-19-9-7-15)10-12-4-3-5-13(17)14(12)16/h3-5,18H,2,6-11H2,1H3. The Labute approximate surface area is 122 Å². The van der Waals surface area contributed by atoms with Crippen molar-refractivity contribution in [1.82, 2.24) is 5.32 Å². The second-order valence-corrected chi connectivity index (χ2v) is 6.08. The average molecular weight is 330 g/mol. The number of hydrogen-bond donors (Lipinski definition) is 1. The maximum absolute atomic E-state index is 13.6. The van der Waals surface area contributed by atoms with Gasteiger partial charge >= 0.3 is 0 Å². The third-order valence-corrected chi connectivity index (χ3v) is 4.79. The normalized spacial score (nSPS) is 18.5. The van der Waals surface area contributed by atoms with E-state index in [4.69, 9.17) is 4.74 Å². The first-order valence-electron chi connectivity index (χ1n) is 6.88.